The number of fused-ring (bicyclic) bond motifs is 1. The van der Waals surface area contributed by atoms with E-state index >= 15 is 0 Å². The Hall–Kier alpha value is -3.21. The van der Waals surface area contributed by atoms with Gasteiger partial charge in [0.1, 0.15) is 0 Å². The van der Waals surface area contributed by atoms with E-state index in [1.54, 1.807) is 27.7 Å². The zero-order valence-corrected chi connectivity index (χ0v) is 19.8. The molecule has 0 atom stereocenters. The number of nitrogens with two attached hydrogens (primary N) is 1. The Balaban J connectivity index is 1.54. The van der Waals surface area contributed by atoms with E-state index in [0.717, 1.165) is 50.2 Å². The Bertz CT molecular complexity index is 1060. The van der Waals surface area contributed by atoms with Gasteiger partial charge in [-0.15, -0.1) is 0 Å². The Labute approximate surface area is 196 Å². The molecule has 33 heavy (non-hydrogen) atoms. The monoisotopic (exact) mass is 472 g/mol. The Morgan fingerprint density at radius 2 is 1.82 bits per heavy atom. The van der Waals surface area contributed by atoms with Crippen molar-refractivity contribution in [1.82, 2.24) is 24.4 Å². The summed E-state index contributed by atoms with van der Waals surface area (Å²) < 4.78 is 18.3. The lowest BCUT2D eigenvalue weighted by atomic mass is 9.94. The molecule has 0 bridgehead atoms. The van der Waals surface area contributed by atoms with E-state index in [2.05, 4.69) is 9.97 Å². The summed E-state index contributed by atoms with van der Waals surface area (Å²) in [4.78, 5) is 27.3. The highest BCUT2D eigenvalue weighted by Gasteiger charge is 2.23. The van der Waals surface area contributed by atoms with Gasteiger partial charge in [0, 0.05) is 24.5 Å². The van der Waals surface area contributed by atoms with Crippen LogP contribution in [0.1, 0.15) is 19.3 Å². The summed E-state index contributed by atoms with van der Waals surface area (Å²) >= 11 is 1.38. The van der Waals surface area contributed by atoms with Crippen molar-refractivity contribution in [2.45, 2.75) is 35.9 Å². The molecule has 3 aliphatic heterocycles. The molecule has 3 heterocycles. The number of anilines is 1. The van der Waals surface area contributed by atoms with Gasteiger partial charge in [-0.25, -0.2) is 15.0 Å². The maximum absolute atomic E-state index is 10.9. The molecule has 0 radical (unpaired) electrons. The summed E-state index contributed by atoms with van der Waals surface area (Å²) in [6, 6.07) is 3.71. The summed E-state index contributed by atoms with van der Waals surface area (Å²) in [5, 5.41) is 0.562. The Kier molecular flexibility index (Phi) is 7.07. The molecule has 1 amide bonds. The number of rotatable bonds is 9. The quantitative estimate of drug-likeness (QED) is 0.469. The average Bonchev–Trinajstić information content (AvgIpc) is 3.28. The minimum absolute atomic E-state index is 0.352. The molecule has 1 fully saturated rings. The number of piperidine rings is 1. The van der Waals surface area contributed by atoms with Crippen LogP contribution >= 0.6 is 11.8 Å². The van der Waals surface area contributed by atoms with Crippen LogP contribution in [-0.2, 0) is 11.3 Å². The Morgan fingerprint density at radius 3 is 2.42 bits per heavy atom. The van der Waals surface area contributed by atoms with Gasteiger partial charge < -0.3 is 29.4 Å². The van der Waals surface area contributed by atoms with Gasteiger partial charge in [0.15, 0.2) is 34.0 Å². The molecule has 0 aliphatic carbocycles. The highest BCUT2D eigenvalue weighted by Crippen LogP contribution is 2.42. The number of benzene rings is 1. The summed E-state index contributed by atoms with van der Waals surface area (Å²) in [5.74, 6) is 3.28. The second kappa shape index (κ2) is 10.2. The highest BCUT2D eigenvalue weighted by molar-refractivity contribution is 7.99. The van der Waals surface area contributed by atoms with Crippen molar-refractivity contribution in [2.24, 2.45) is 5.92 Å². The zero-order chi connectivity index (χ0) is 23.4. The molecule has 11 heteroatoms. The van der Waals surface area contributed by atoms with Crippen LogP contribution in [0, 0.1) is 5.92 Å². The molecule has 0 aromatic heterocycles. The van der Waals surface area contributed by atoms with Gasteiger partial charge in [-0.05, 0) is 49.1 Å². The van der Waals surface area contributed by atoms with Crippen LogP contribution in [0.4, 0.5) is 5.82 Å². The Morgan fingerprint density at radius 1 is 1.12 bits per heavy atom. The average molecular weight is 473 g/mol. The molecule has 0 unspecified atom stereocenters. The number of aryl methyl sites for hydroxylation is 1. The van der Waals surface area contributed by atoms with Crippen LogP contribution < -0.4 is 19.9 Å². The molecule has 0 spiro atoms. The summed E-state index contributed by atoms with van der Waals surface area (Å²) in [6.07, 6.45) is 5.67. The van der Waals surface area contributed by atoms with Gasteiger partial charge >= 0.3 is 0 Å². The minimum atomic E-state index is 0.352. The van der Waals surface area contributed by atoms with Gasteiger partial charge in [0.05, 0.1) is 27.7 Å². The van der Waals surface area contributed by atoms with Crippen LogP contribution in [0.2, 0.25) is 0 Å². The largest absolute Gasteiger partial charge is 0.493 e. The molecule has 176 valence electrons. The SMILES string of the molecule is COc1cc(Sc2nc3c(N)ncn(CCC4CCN(C=O)CC4)c-3n2)cc(OC)c1OC. The van der Waals surface area contributed by atoms with Gasteiger partial charge in [-0.2, -0.15) is 0 Å². The van der Waals surface area contributed by atoms with Gasteiger partial charge in [0.2, 0.25) is 12.2 Å². The first-order chi connectivity index (χ1) is 16.1. The van der Waals surface area contributed by atoms with E-state index in [4.69, 9.17) is 24.9 Å². The molecule has 1 saturated heterocycles. The number of nitrogens with zero attached hydrogens (tertiary/aromatic N) is 5. The van der Waals surface area contributed by atoms with Gasteiger partial charge in [-0.1, -0.05) is 0 Å². The molecular formula is C22H28N6O4S. The highest BCUT2D eigenvalue weighted by atomic mass is 32.2. The third-order valence-electron chi connectivity index (χ3n) is 5.90. The van der Waals surface area contributed by atoms with E-state index in [9.17, 15) is 4.79 Å². The van der Waals surface area contributed by atoms with Crippen LogP contribution in [0.15, 0.2) is 28.5 Å². The topological polar surface area (TPSA) is 118 Å². The first kappa shape index (κ1) is 23.0. The third kappa shape index (κ3) is 4.92. The van der Waals surface area contributed by atoms with Crippen LogP contribution in [0.5, 0.6) is 17.2 Å². The number of hydrogen-bond acceptors (Lipinski definition) is 9. The fourth-order valence-electron chi connectivity index (χ4n) is 4.03. The minimum Gasteiger partial charge on any atom is -0.493 e. The number of methoxy groups -OCH3 is 3. The van der Waals surface area contributed by atoms with E-state index in [1.807, 2.05) is 21.6 Å². The smallest absolute Gasteiger partial charge is 0.209 e. The second-order valence-corrected chi connectivity index (χ2v) is 8.88. The van der Waals surface area contributed by atoms with Gasteiger partial charge in [-0.3, -0.25) is 4.79 Å². The summed E-state index contributed by atoms with van der Waals surface area (Å²) in [5.41, 5.74) is 6.69. The maximum atomic E-state index is 10.9. The number of carbonyl (C=O) groups is 1. The normalized spacial score (nSPS) is 14.5. The second-order valence-electron chi connectivity index (χ2n) is 7.84. The number of imidazole rings is 1. The van der Waals surface area contributed by atoms with Crippen LogP contribution in [0.3, 0.4) is 0 Å². The summed E-state index contributed by atoms with van der Waals surface area (Å²) in [7, 11) is 4.73. The van der Waals surface area contributed by atoms with E-state index in [-0.39, 0.29) is 0 Å². The fraction of sp³-hybridized carbons (Fsp3) is 0.455. The first-order valence-electron chi connectivity index (χ1n) is 10.7. The number of aromatic nitrogens is 4. The summed E-state index contributed by atoms with van der Waals surface area (Å²) in [6.45, 7) is 2.41. The van der Waals surface area contributed by atoms with Crippen molar-refractivity contribution in [1.29, 1.82) is 0 Å². The number of ether oxygens (including phenoxy) is 3. The molecule has 0 saturated carbocycles. The van der Waals surface area contributed by atoms with E-state index in [1.165, 1.54) is 11.8 Å². The molecule has 1 aromatic rings. The lowest BCUT2D eigenvalue weighted by Gasteiger charge is -2.29. The zero-order valence-electron chi connectivity index (χ0n) is 19.0. The molecule has 10 nitrogen and oxygen atoms in total. The van der Waals surface area contributed by atoms with Crippen molar-refractivity contribution >= 4 is 24.0 Å². The standard InChI is InChI=1S/C22H28N6O4S/c1-30-16-10-15(11-17(31-2)19(16)32-3)33-22-25-18-20(23)24-12-28(21(18)26-22)9-6-14-4-7-27(13-29)8-5-14/h10-14H,4-9,23H2,1-3H3. The lowest BCUT2D eigenvalue weighted by Crippen LogP contribution is -2.32. The predicted octanol–water partition coefficient (Wildman–Crippen LogP) is 2.80. The van der Waals surface area contributed by atoms with Crippen molar-refractivity contribution < 1.29 is 19.0 Å². The lowest BCUT2D eigenvalue weighted by molar-refractivity contribution is -0.119. The number of nitrogen functional groups attached to an aromatic ring is 1. The van der Waals surface area contributed by atoms with Gasteiger partial charge in [0.25, 0.3) is 0 Å². The fourth-order valence-corrected chi connectivity index (χ4v) is 4.85. The number of amides is 1. The first-order valence-corrected chi connectivity index (χ1v) is 11.5. The maximum Gasteiger partial charge on any atom is 0.209 e. The van der Waals surface area contributed by atoms with Crippen LogP contribution in [-0.4, -0.2) is 65.2 Å². The van der Waals surface area contributed by atoms with Crippen molar-refractivity contribution in [3.8, 4) is 28.8 Å². The van der Waals surface area contributed by atoms with E-state index < -0.39 is 0 Å². The molecule has 2 N–H and O–H groups in total. The number of hydrogen-bond donors (Lipinski definition) is 1. The van der Waals surface area contributed by atoms with Crippen molar-refractivity contribution in [3.05, 3.63) is 18.5 Å². The predicted molar refractivity (Wildman–Crippen MR) is 124 cm³/mol. The third-order valence-corrected chi connectivity index (χ3v) is 6.73. The van der Waals surface area contributed by atoms with E-state index in [0.29, 0.717) is 45.7 Å². The molecule has 1 aromatic carbocycles. The van der Waals surface area contributed by atoms with Crippen molar-refractivity contribution in [2.75, 3.05) is 40.2 Å². The molecular weight excluding hydrogens is 444 g/mol. The van der Waals surface area contributed by atoms with Crippen LogP contribution in [0.25, 0.3) is 11.5 Å². The molecule has 4 rings (SSSR count). The molecule has 3 aliphatic rings. The number of likely N-dealkylation sites (tertiary alicyclic amines) is 1. The van der Waals surface area contributed by atoms with Crippen molar-refractivity contribution in [3.63, 3.8) is 0 Å². The number of carbonyl (C=O) groups excluding carboxylic acids is 1.